The zero-order valence-electron chi connectivity index (χ0n) is 10.0. The quantitative estimate of drug-likeness (QED) is 0.790. The van der Waals surface area contributed by atoms with Gasteiger partial charge in [0, 0.05) is 17.3 Å². The number of nitrogens with one attached hydrogen (secondary N) is 1. The maximum atomic E-state index is 12.3. The minimum Gasteiger partial charge on any atom is -0.321 e. The van der Waals surface area contributed by atoms with Crippen molar-refractivity contribution in [2.75, 3.05) is 5.32 Å². The third-order valence-electron chi connectivity index (χ3n) is 2.68. The molecule has 5 nitrogen and oxygen atoms in total. The Labute approximate surface area is 123 Å². The van der Waals surface area contributed by atoms with Crippen molar-refractivity contribution in [3.63, 3.8) is 0 Å². The zero-order chi connectivity index (χ0) is 14.1. The predicted molar refractivity (Wildman–Crippen MR) is 77.2 cm³/mol. The van der Waals surface area contributed by atoms with Crippen LogP contribution in [-0.4, -0.2) is 15.3 Å². The van der Waals surface area contributed by atoms with Crippen molar-refractivity contribution in [2.24, 2.45) is 0 Å². The smallest absolute Gasteiger partial charge is 0.275 e. The van der Waals surface area contributed by atoms with Crippen LogP contribution in [0.5, 0.6) is 0 Å². The highest BCUT2D eigenvalue weighted by atomic mass is 35.5. The van der Waals surface area contributed by atoms with Crippen molar-refractivity contribution in [1.82, 2.24) is 9.38 Å². The highest BCUT2D eigenvalue weighted by Crippen LogP contribution is 2.22. The fourth-order valence-corrected chi connectivity index (χ4v) is 2.84. The van der Waals surface area contributed by atoms with Gasteiger partial charge in [-0.2, -0.15) is 5.26 Å². The van der Waals surface area contributed by atoms with Crippen molar-refractivity contribution in [1.29, 1.82) is 5.26 Å². The molecule has 0 radical (unpaired) electrons. The zero-order valence-corrected chi connectivity index (χ0v) is 11.6. The van der Waals surface area contributed by atoms with Gasteiger partial charge < -0.3 is 5.32 Å². The number of amides is 1. The monoisotopic (exact) mass is 302 g/mol. The van der Waals surface area contributed by atoms with Crippen molar-refractivity contribution >= 4 is 39.5 Å². The number of nitriles is 1. The van der Waals surface area contributed by atoms with Crippen LogP contribution < -0.4 is 5.32 Å². The molecule has 0 aliphatic heterocycles. The molecule has 0 saturated heterocycles. The third-order valence-corrected chi connectivity index (χ3v) is 3.70. The van der Waals surface area contributed by atoms with Crippen LogP contribution in [0.4, 0.5) is 5.69 Å². The van der Waals surface area contributed by atoms with Crippen LogP contribution in [0.3, 0.4) is 0 Å². The highest BCUT2D eigenvalue weighted by molar-refractivity contribution is 7.15. The van der Waals surface area contributed by atoms with Gasteiger partial charge in [-0.25, -0.2) is 4.98 Å². The Kier molecular flexibility index (Phi) is 3.14. The van der Waals surface area contributed by atoms with E-state index < -0.39 is 0 Å². The fourth-order valence-electron chi connectivity index (χ4n) is 1.82. The second kappa shape index (κ2) is 4.96. The summed E-state index contributed by atoms with van der Waals surface area (Å²) in [7, 11) is 0. The molecule has 1 N–H and O–H groups in total. The van der Waals surface area contributed by atoms with Crippen molar-refractivity contribution < 1.29 is 4.79 Å². The van der Waals surface area contributed by atoms with E-state index in [2.05, 4.69) is 10.3 Å². The summed E-state index contributed by atoms with van der Waals surface area (Å²) < 4.78 is 1.64. The number of nitrogens with zero attached hydrogens (tertiary/aromatic N) is 3. The van der Waals surface area contributed by atoms with E-state index in [-0.39, 0.29) is 16.8 Å². The summed E-state index contributed by atoms with van der Waals surface area (Å²) in [5.74, 6) is -0.365. The van der Waals surface area contributed by atoms with E-state index in [9.17, 15) is 4.79 Å². The van der Waals surface area contributed by atoms with Crippen LogP contribution in [0.2, 0.25) is 5.15 Å². The molecule has 0 bridgehead atoms. The Morgan fingerprint density at radius 3 is 3.15 bits per heavy atom. The first-order chi connectivity index (χ1) is 9.69. The Hall–Kier alpha value is -2.36. The molecule has 1 amide bonds. The first-order valence-corrected chi connectivity index (χ1v) is 6.87. The van der Waals surface area contributed by atoms with Crippen molar-refractivity contribution in [3.05, 3.63) is 52.3 Å². The fraction of sp³-hybridized carbons (Fsp3) is 0. The predicted octanol–water partition coefficient (Wildman–Crippen LogP) is 3.17. The number of anilines is 1. The molecule has 0 atom stereocenters. The number of rotatable bonds is 2. The molecule has 0 fully saturated rings. The maximum absolute atomic E-state index is 12.3. The van der Waals surface area contributed by atoms with Gasteiger partial charge in [-0.3, -0.25) is 9.20 Å². The summed E-state index contributed by atoms with van der Waals surface area (Å²) in [4.78, 5) is 17.0. The largest absolute Gasteiger partial charge is 0.321 e. The summed E-state index contributed by atoms with van der Waals surface area (Å²) in [6, 6.07) is 8.69. The molecule has 0 unspecified atom stereocenters. The Morgan fingerprint density at radius 2 is 2.35 bits per heavy atom. The highest BCUT2D eigenvalue weighted by Gasteiger charge is 2.18. The topological polar surface area (TPSA) is 70.2 Å². The van der Waals surface area contributed by atoms with Gasteiger partial charge in [0.2, 0.25) is 0 Å². The molecule has 0 aliphatic rings. The molecule has 0 saturated carbocycles. The van der Waals surface area contributed by atoms with Gasteiger partial charge >= 0.3 is 0 Å². The molecule has 7 heteroatoms. The molecule has 1 aromatic carbocycles. The number of imidazole rings is 1. The molecule has 3 rings (SSSR count). The van der Waals surface area contributed by atoms with E-state index in [0.717, 1.165) is 0 Å². The van der Waals surface area contributed by atoms with Gasteiger partial charge in [0.15, 0.2) is 15.8 Å². The van der Waals surface area contributed by atoms with E-state index in [1.165, 1.54) is 11.3 Å². The lowest BCUT2D eigenvalue weighted by atomic mass is 10.2. The Bertz CT molecular complexity index is 846. The lowest BCUT2D eigenvalue weighted by Gasteiger charge is -2.04. The number of halogens is 1. The SMILES string of the molecule is N#Cc1cccc(NC(=O)c2c(Cl)nc3sccn23)c1. The summed E-state index contributed by atoms with van der Waals surface area (Å²) >= 11 is 7.39. The second-order valence-corrected chi connectivity index (χ2v) is 5.18. The number of fused-ring (bicyclic) bond motifs is 1. The molecule has 0 spiro atoms. The van der Waals surface area contributed by atoms with Crippen molar-refractivity contribution in [3.8, 4) is 6.07 Å². The van der Waals surface area contributed by atoms with E-state index in [4.69, 9.17) is 16.9 Å². The van der Waals surface area contributed by atoms with Gasteiger partial charge in [0.25, 0.3) is 5.91 Å². The van der Waals surface area contributed by atoms with Crippen LogP contribution in [-0.2, 0) is 0 Å². The summed E-state index contributed by atoms with van der Waals surface area (Å²) in [5.41, 5.74) is 1.29. The van der Waals surface area contributed by atoms with Crippen LogP contribution in [0.25, 0.3) is 4.96 Å². The van der Waals surface area contributed by atoms with E-state index in [0.29, 0.717) is 16.2 Å². The van der Waals surface area contributed by atoms with E-state index in [1.54, 1.807) is 34.9 Å². The number of aromatic nitrogens is 2. The third kappa shape index (κ3) is 2.13. The minimum atomic E-state index is -0.365. The van der Waals surface area contributed by atoms with E-state index in [1.807, 2.05) is 11.4 Å². The molecular formula is C13H7ClN4OS. The lowest BCUT2D eigenvalue weighted by Crippen LogP contribution is -2.14. The second-order valence-electron chi connectivity index (χ2n) is 3.95. The van der Waals surface area contributed by atoms with Gasteiger partial charge in [-0.1, -0.05) is 17.7 Å². The van der Waals surface area contributed by atoms with Crippen LogP contribution in [0.1, 0.15) is 16.1 Å². The number of benzene rings is 1. The normalized spacial score (nSPS) is 10.4. The first-order valence-electron chi connectivity index (χ1n) is 5.61. The number of carbonyl (C=O) groups excluding carboxylic acids is 1. The average Bonchev–Trinajstić information content (AvgIpc) is 2.98. The van der Waals surface area contributed by atoms with Gasteiger partial charge in [-0.05, 0) is 18.2 Å². The maximum Gasteiger partial charge on any atom is 0.275 e. The van der Waals surface area contributed by atoms with Crippen LogP contribution >= 0.6 is 22.9 Å². The standard InChI is InChI=1S/C13H7ClN4OS/c14-11-10(18-4-5-20-13(18)17-11)12(19)16-9-3-1-2-8(6-9)7-15/h1-6H,(H,16,19). The van der Waals surface area contributed by atoms with Crippen LogP contribution in [0.15, 0.2) is 35.8 Å². The van der Waals surface area contributed by atoms with Gasteiger partial charge in [0.05, 0.1) is 11.6 Å². The Morgan fingerprint density at radius 1 is 1.50 bits per heavy atom. The molecule has 20 heavy (non-hydrogen) atoms. The minimum absolute atomic E-state index is 0.158. The molecule has 2 heterocycles. The average molecular weight is 303 g/mol. The summed E-state index contributed by atoms with van der Waals surface area (Å²) in [5, 5.41) is 13.5. The lowest BCUT2D eigenvalue weighted by molar-refractivity contribution is 0.102. The summed E-state index contributed by atoms with van der Waals surface area (Å²) in [6.07, 6.45) is 1.74. The number of thiazole rings is 1. The summed E-state index contributed by atoms with van der Waals surface area (Å²) in [6.45, 7) is 0. The molecule has 3 aromatic rings. The van der Waals surface area contributed by atoms with Gasteiger partial charge in [0.1, 0.15) is 0 Å². The number of carbonyl (C=O) groups is 1. The Balaban J connectivity index is 1.95. The van der Waals surface area contributed by atoms with Crippen molar-refractivity contribution in [2.45, 2.75) is 0 Å². The molecule has 0 aliphatic carbocycles. The first kappa shape index (κ1) is 12.7. The number of hydrogen-bond donors (Lipinski definition) is 1. The van der Waals surface area contributed by atoms with E-state index >= 15 is 0 Å². The molecular weight excluding hydrogens is 296 g/mol. The van der Waals surface area contributed by atoms with Crippen LogP contribution in [0, 0.1) is 11.3 Å². The molecule has 98 valence electrons. The molecule has 2 aromatic heterocycles. The van der Waals surface area contributed by atoms with Gasteiger partial charge in [-0.15, -0.1) is 11.3 Å². The number of hydrogen-bond acceptors (Lipinski definition) is 4.